The van der Waals surface area contributed by atoms with Gasteiger partial charge in [0.1, 0.15) is 10.7 Å². The molecule has 30 heavy (non-hydrogen) atoms. The van der Waals surface area contributed by atoms with Crippen molar-refractivity contribution in [2.75, 3.05) is 26.2 Å². The molecule has 1 aliphatic carbocycles. The van der Waals surface area contributed by atoms with Crippen molar-refractivity contribution < 1.29 is 17.6 Å². The van der Waals surface area contributed by atoms with Crippen LogP contribution in [0, 0.1) is 5.82 Å². The van der Waals surface area contributed by atoms with Crippen molar-refractivity contribution in [1.82, 2.24) is 9.21 Å². The highest BCUT2D eigenvalue weighted by molar-refractivity contribution is 7.89. The Kier molecular flexibility index (Phi) is 4.60. The summed E-state index contributed by atoms with van der Waals surface area (Å²) in [6, 6.07) is 15.4. The Morgan fingerprint density at radius 2 is 1.53 bits per heavy atom. The number of nitrogens with zero attached hydrogens (tertiary/aromatic N) is 2. The van der Waals surface area contributed by atoms with Crippen LogP contribution >= 0.6 is 0 Å². The molecule has 154 valence electrons. The molecule has 1 saturated heterocycles. The SMILES string of the molecule is O=C(c1ccc2c3c(cccc13)CC2)N1CCN(S(=O)(=O)c2ccccc2F)CC1. The lowest BCUT2D eigenvalue weighted by Gasteiger charge is -2.34. The van der Waals surface area contributed by atoms with Gasteiger partial charge in [0.2, 0.25) is 10.0 Å². The number of sulfonamides is 1. The quantitative estimate of drug-likeness (QED) is 0.649. The molecule has 0 radical (unpaired) electrons. The monoisotopic (exact) mass is 424 g/mol. The lowest BCUT2D eigenvalue weighted by atomic mass is 9.99. The Hall–Kier alpha value is -2.77. The zero-order chi connectivity index (χ0) is 20.9. The van der Waals surface area contributed by atoms with Gasteiger partial charge in [-0.2, -0.15) is 4.31 Å². The van der Waals surface area contributed by atoms with Gasteiger partial charge in [0.15, 0.2) is 0 Å². The van der Waals surface area contributed by atoms with Crippen LogP contribution in [0.2, 0.25) is 0 Å². The Morgan fingerprint density at radius 1 is 0.833 bits per heavy atom. The highest BCUT2D eigenvalue weighted by Crippen LogP contribution is 2.33. The summed E-state index contributed by atoms with van der Waals surface area (Å²) >= 11 is 0. The average molecular weight is 424 g/mol. The molecule has 1 aliphatic heterocycles. The Morgan fingerprint density at radius 3 is 2.27 bits per heavy atom. The van der Waals surface area contributed by atoms with E-state index in [9.17, 15) is 17.6 Å². The molecular weight excluding hydrogens is 403 g/mol. The Bertz CT molecular complexity index is 1250. The fourth-order valence-electron chi connectivity index (χ4n) is 4.53. The minimum Gasteiger partial charge on any atom is -0.336 e. The summed E-state index contributed by atoms with van der Waals surface area (Å²) in [5.74, 6) is -0.850. The largest absolute Gasteiger partial charge is 0.336 e. The van der Waals surface area contributed by atoms with Crippen molar-refractivity contribution in [3.63, 3.8) is 0 Å². The molecule has 1 fully saturated rings. The van der Waals surface area contributed by atoms with E-state index in [-0.39, 0.29) is 37.0 Å². The van der Waals surface area contributed by atoms with E-state index in [0.717, 1.165) is 24.3 Å². The van der Waals surface area contributed by atoms with Gasteiger partial charge in [-0.05, 0) is 52.9 Å². The zero-order valence-corrected chi connectivity index (χ0v) is 17.2. The second-order valence-corrected chi connectivity index (χ2v) is 9.65. The zero-order valence-electron chi connectivity index (χ0n) is 16.3. The number of aryl methyl sites for hydroxylation is 2. The summed E-state index contributed by atoms with van der Waals surface area (Å²) in [6.45, 7) is 0.832. The first-order valence-electron chi connectivity index (χ1n) is 10.0. The topological polar surface area (TPSA) is 57.7 Å². The van der Waals surface area contributed by atoms with Crippen molar-refractivity contribution in [3.05, 3.63) is 77.1 Å². The first kappa shape index (κ1) is 19.2. The predicted octanol–water partition coefficient (Wildman–Crippen LogP) is 3.22. The van der Waals surface area contributed by atoms with Gasteiger partial charge in [0.25, 0.3) is 5.91 Å². The van der Waals surface area contributed by atoms with E-state index in [4.69, 9.17) is 0 Å². The Labute approximate surface area is 174 Å². The molecule has 0 atom stereocenters. The van der Waals surface area contributed by atoms with Crippen molar-refractivity contribution >= 4 is 26.7 Å². The summed E-state index contributed by atoms with van der Waals surface area (Å²) in [7, 11) is -3.92. The molecule has 0 bridgehead atoms. The predicted molar refractivity (Wildman–Crippen MR) is 112 cm³/mol. The molecular formula is C23H21FN2O3S. The molecule has 0 saturated carbocycles. The van der Waals surface area contributed by atoms with Crippen LogP contribution in [0.5, 0.6) is 0 Å². The summed E-state index contributed by atoms with van der Waals surface area (Å²) in [6.07, 6.45) is 1.99. The molecule has 0 aromatic heterocycles. The van der Waals surface area contributed by atoms with Crippen molar-refractivity contribution in [2.24, 2.45) is 0 Å². The van der Waals surface area contributed by atoms with Crippen LogP contribution in [-0.2, 0) is 22.9 Å². The maximum atomic E-state index is 14.0. The molecule has 0 unspecified atom stereocenters. The smallest absolute Gasteiger partial charge is 0.254 e. The number of rotatable bonds is 3. The molecule has 2 aliphatic rings. The lowest BCUT2D eigenvalue weighted by Crippen LogP contribution is -2.50. The van der Waals surface area contributed by atoms with E-state index in [1.165, 1.54) is 39.0 Å². The van der Waals surface area contributed by atoms with Crippen LogP contribution in [-0.4, -0.2) is 49.7 Å². The standard InChI is InChI=1S/C23H21FN2O3S/c24-20-6-1-2-7-21(20)30(28,29)26-14-12-25(13-15-26)23(27)19-11-10-17-9-8-16-4-3-5-18(19)22(16)17/h1-7,10-11H,8-9,12-15H2. The van der Waals surface area contributed by atoms with E-state index >= 15 is 0 Å². The lowest BCUT2D eigenvalue weighted by molar-refractivity contribution is 0.0699. The van der Waals surface area contributed by atoms with Crippen LogP contribution in [0.1, 0.15) is 21.5 Å². The molecule has 3 aromatic carbocycles. The average Bonchev–Trinajstić information content (AvgIpc) is 3.19. The van der Waals surface area contributed by atoms with Gasteiger partial charge in [0, 0.05) is 31.7 Å². The van der Waals surface area contributed by atoms with Crippen LogP contribution in [0.3, 0.4) is 0 Å². The van der Waals surface area contributed by atoms with Crippen LogP contribution in [0.25, 0.3) is 10.8 Å². The first-order chi connectivity index (χ1) is 14.5. The molecule has 7 heteroatoms. The third-order valence-electron chi connectivity index (χ3n) is 6.09. The second kappa shape index (κ2) is 7.18. The summed E-state index contributed by atoms with van der Waals surface area (Å²) in [5.41, 5.74) is 3.21. The Balaban J connectivity index is 1.37. The number of halogens is 1. The summed E-state index contributed by atoms with van der Waals surface area (Å²) < 4.78 is 40.9. The van der Waals surface area contributed by atoms with Gasteiger partial charge in [-0.1, -0.05) is 36.4 Å². The van der Waals surface area contributed by atoms with Gasteiger partial charge in [-0.15, -0.1) is 0 Å². The van der Waals surface area contributed by atoms with Crippen molar-refractivity contribution in [1.29, 1.82) is 0 Å². The van der Waals surface area contributed by atoms with Gasteiger partial charge in [-0.3, -0.25) is 4.79 Å². The minimum atomic E-state index is -3.92. The third kappa shape index (κ3) is 3.00. The number of benzene rings is 3. The van der Waals surface area contributed by atoms with E-state index in [0.29, 0.717) is 5.56 Å². The van der Waals surface area contributed by atoms with E-state index in [1.54, 1.807) is 4.90 Å². The fraction of sp³-hybridized carbons (Fsp3) is 0.261. The second-order valence-electron chi connectivity index (χ2n) is 7.74. The molecule has 1 amide bonds. The molecule has 5 rings (SSSR count). The van der Waals surface area contributed by atoms with E-state index < -0.39 is 15.8 Å². The number of hydrogen-bond donors (Lipinski definition) is 0. The first-order valence-corrected chi connectivity index (χ1v) is 11.5. The maximum absolute atomic E-state index is 14.0. The highest BCUT2D eigenvalue weighted by Gasteiger charge is 2.32. The minimum absolute atomic E-state index is 0.0893. The van der Waals surface area contributed by atoms with Gasteiger partial charge >= 0.3 is 0 Å². The normalized spacial score (nSPS) is 16.9. The fourth-order valence-corrected chi connectivity index (χ4v) is 6.02. The number of carbonyl (C=O) groups is 1. The van der Waals surface area contributed by atoms with Crippen LogP contribution < -0.4 is 0 Å². The third-order valence-corrected chi connectivity index (χ3v) is 8.02. The number of carbonyl (C=O) groups excluding carboxylic acids is 1. The summed E-state index contributed by atoms with van der Waals surface area (Å²) in [5, 5.41) is 2.15. The van der Waals surface area contributed by atoms with Crippen LogP contribution in [0.4, 0.5) is 4.39 Å². The van der Waals surface area contributed by atoms with E-state index in [2.05, 4.69) is 6.07 Å². The van der Waals surface area contributed by atoms with Gasteiger partial charge in [-0.25, -0.2) is 12.8 Å². The molecule has 5 nitrogen and oxygen atoms in total. The van der Waals surface area contributed by atoms with Crippen molar-refractivity contribution in [3.8, 4) is 0 Å². The number of hydrogen-bond acceptors (Lipinski definition) is 3. The highest BCUT2D eigenvalue weighted by atomic mass is 32.2. The summed E-state index contributed by atoms with van der Waals surface area (Å²) in [4.78, 5) is 14.6. The van der Waals surface area contributed by atoms with Crippen LogP contribution in [0.15, 0.2) is 59.5 Å². The molecule has 3 aromatic rings. The van der Waals surface area contributed by atoms with Gasteiger partial charge < -0.3 is 4.90 Å². The molecule has 0 N–H and O–H groups in total. The number of amides is 1. The van der Waals surface area contributed by atoms with Crippen molar-refractivity contribution in [2.45, 2.75) is 17.7 Å². The maximum Gasteiger partial charge on any atom is 0.254 e. The van der Waals surface area contributed by atoms with Gasteiger partial charge in [0.05, 0.1) is 0 Å². The molecule has 1 heterocycles. The van der Waals surface area contributed by atoms with E-state index in [1.807, 2.05) is 24.3 Å². The molecule has 0 spiro atoms. The number of piperazine rings is 1.